The third kappa shape index (κ3) is 5.99. The Morgan fingerprint density at radius 2 is 1.62 bits per heavy atom. The van der Waals surface area contributed by atoms with Crippen LogP contribution >= 0.6 is 0 Å². The Morgan fingerprint density at radius 3 is 1.69 bits per heavy atom. The van der Waals surface area contributed by atoms with Crippen molar-refractivity contribution >= 4 is 22.1 Å². The number of carbonyl (C=O) groups is 2. The van der Waals surface area contributed by atoms with E-state index in [1.54, 1.807) is 0 Å². The van der Waals surface area contributed by atoms with Crippen LogP contribution in [0.4, 0.5) is 0 Å². The van der Waals surface area contributed by atoms with Crippen molar-refractivity contribution < 1.29 is 62.3 Å². The Hall–Kier alpha value is -0.150. The molecule has 1 unspecified atom stereocenters. The van der Waals surface area contributed by atoms with E-state index >= 15 is 0 Å². The molecule has 0 fully saturated rings. The first kappa shape index (κ1) is 15.3. The molecule has 7 nitrogen and oxygen atoms in total. The van der Waals surface area contributed by atoms with E-state index in [0.29, 0.717) is 0 Å². The van der Waals surface area contributed by atoms with Crippen molar-refractivity contribution in [3.8, 4) is 0 Å². The van der Waals surface area contributed by atoms with Gasteiger partial charge in [0.05, 0.1) is 6.42 Å². The summed E-state index contributed by atoms with van der Waals surface area (Å²) >= 11 is 0. The van der Waals surface area contributed by atoms with Crippen molar-refractivity contribution in [2.75, 3.05) is 0 Å². The summed E-state index contributed by atoms with van der Waals surface area (Å²) in [6.45, 7) is 0. The normalized spacial score (nSPS) is 12.7. The second-order valence-electron chi connectivity index (χ2n) is 1.94. The van der Waals surface area contributed by atoms with Crippen molar-refractivity contribution in [2.45, 2.75) is 11.7 Å². The van der Waals surface area contributed by atoms with Gasteiger partial charge < -0.3 is 10.2 Å². The maximum absolute atomic E-state index is 10.2. The van der Waals surface area contributed by atoms with E-state index in [4.69, 9.17) is 14.8 Å². The Balaban J connectivity index is 0. The van der Waals surface area contributed by atoms with Gasteiger partial charge in [0.25, 0.3) is 10.1 Å². The molecule has 0 saturated carbocycles. The summed E-state index contributed by atoms with van der Waals surface area (Å²) in [5, 5.41) is 13.9. The monoisotopic (exact) mass is 221 g/mol. The topological polar surface area (TPSA) is 129 Å². The molecule has 0 aliphatic carbocycles. The van der Waals surface area contributed by atoms with Crippen LogP contribution in [0.15, 0.2) is 0 Å². The molecular weight excluding hydrogens is 215 g/mol. The van der Waals surface area contributed by atoms with Gasteiger partial charge in [0.15, 0.2) is 5.25 Å². The van der Waals surface area contributed by atoms with Crippen LogP contribution in [0.1, 0.15) is 6.42 Å². The molecule has 0 saturated heterocycles. The Labute approximate surface area is 95.8 Å². The third-order valence-electron chi connectivity index (χ3n) is 0.995. The average Bonchev–Trinajstić information content (AvgIpc) is 1.79. The van der Waals surface area contributed by atoms with Gasteiger partial charge in [0.1, 0.15) is 0 Å². The molecular formula is C4H6NaO7S+. The fraction of sp³-hybridized carbons (Fsp3) is 0.500. The molecule has 0 aromatic carbocycles. The van der Waals surface area contributed by atoms with Gasteiger partial charge in [-0.15, -0.1) is 0 Å². The van der Waals surface area contributed by atoms with Gasteiger partial charge in [-0.25, -0.2) is 0 Å². The minimum atomic E-state index is -4.84. The zero-order chi connectivity index (χ0) is 9.94. The predicted molar refractivity (Wildman–Crippen MR) is 35.2 cm³/mol. The predicted octanol–water partition coefficient (Wildman–Crippen LogP) is -4.19. The van der Waals surface area contributed by atoms with E-state index < -0.39 is 33.7 Å². The first-order chi connectivity index (χ1) is 5.25. The molecule has 9 heteroatoms. The van der Waals surface area contributed by atoms with Crippen LogP contribution in [0.2, 0.25) is 0 Å². The van der Waals surface area contributed by atoms with E-state index in [0.717, 1.165) is 0 Å². The third-order valence-corrected chi connectivity index (χ3v) is 2.08. The second kappa shape index (κ2) is 5.55. The summed E-state index contributed by atoms with van der Waals surface area (Å²) in [5.74, 6) is -3.50. The van der Waals surface area contributed by atoms with Crippen LogP contribution in [0, 0.1) is 0 Å². The first-order valence-corrected chi connectivity index (χ1v) is 4.16. The van der Waals surface area contributed by atoms with Gasteiger partial charge in [-0.3, -0.25) is 14.1 Å². The summed E-state index contributed by atoms with van der Waals surface area (Å²) in [4.78, 5) is 20.0. The quantitative estimate of drug-likeness (QED) is 0.324. The number of rotatable bonds is 4. The van der Waals surface area contributed by atoms with E-state index in [1.807, 2.05) is 0 Å². The zero-order valence-corrected chi connectivity index (χ0v) is 9.48. The van der Waals surface area contributed by atoms with Crippen molar-refractivity contribution in [3.63, 3.8) is 0 Å². The van der Waals surface area contributed by atoms with Gasteiger partial charge in [0, 0.05) is 0 Å². The Morgan fingerprint density at radius 1 is 1.23 bits per heavy atom. The van der Waals surface area contributed by atoms with Crippen LogP contribution in [-0.4, -0.2) is 40.4 Å². The molecule has 0 heterocycles. The molecule has 0 radical (unpaired) electrons. The largest absolute Gasteiger partial charge is 1.00 e. The van der Waals surface area contributed by atoms with Gasteiger partial charge in [0.2, 0.25) is 0 Å². The number of aliphatic carboxylic acids is 2. The minimum Gasteiger partial charge on any atom is -0.481 e. The van der Waals surface area contributed by atoms with Gasteiger partial charge in [-0.1, -0.05) is 0 Å². The van der Waals surface area contributed by atoms with Crippen molar-refractivity contribution in [3.05, 3.63) is 0 Å². The minimum absolute atomic E-state index is 0. The maximum atomic E-state index is 10.2. The molecule has 70 valence electrons. The SMILES string of the molecule is O=C(O)CC(C(=O)O)S(=O)(=O)O.[Na+]. The van der Waals surface area contributed by atoms with Gasteiger partial charge >= 0.3 is 41.5 Å². The molecule has 0 aromatic heterocycles. The van der Waals surface area contributed by atoms with Gasteiger partial charge in [-0.2, -0.15) is 8.42 Å². The van der Waals surface area contributed by atoms with E-state index in [9.17, 15) is 18.0 Å². The molecule has 0 aliphatic rings. The van der Waals surface area contributed by atoms with Crippen LogP contribution in [0.25, 0.3) is 0 Å². The van der Waals surface area contributed by atoms with E-state index in [2.05, 4.69) is 0 Å². The smallest absolute Gasteiger partial charge is 0.481 e. The van der Waals surface area contributed by atoms with Crippen LogP contribution in [0.5, 0.6) is 0 Å². The molecule has 0 rings (SSSR count). The van der Waals surface area contributed by atoms with Crippen molar-refractivity contribution in [2.24, 2.45) is 0 Å². The number of carboxylic acids is 2. The molecule has 0 aromatic rings. The number of carboxylic acid groups (broad SMARTS) is 2. The molecule has 0 spiro atoms. The summed E-state index contributed by atoms with van der Waals surface area (Å²) in [6, 6.07) is 0. The number of hydrogen-bond donors (Lipinski definition) is 3. The maximum Gasteiger partial charge on any atom is 1.00 e. The molecule has 0 amide bonds. The van der Waals surface area contributed by atoms with E-state index in [-0.39, 0.29) is 29.6 Å². The number of hydrogen-bond acceptors (Lipinski definition) is 4. The van der Waals surface area contributed by atoms with Crippen LogP contribution < -0.4 is 29.6 Å². The standard InChI is InChI=1S/C4H6O7S.Na/c5-3(6)1-2(4(7)8)12(9,10)11;/h2H,1H2,(H,5,6)(H,7,8)(H,9,10,11);/q;+1. The van der Waals surface area contributed by atoms with Crippen molar-refractivity contribution in [1.82, 2.24) is 0 Å². The fourth-order valence-corrected chi connectivity index (χ4v) is 1.09. The molecule has 1 atom stereocenters. The van der Waals surface area contributed by atoms with Crippen LogP contribution in [0.3, 0.4) is 0 Å². The first-order valence-electron chi connectivity index (χ1n) is 2.66. The van der Waals surface area contributed by atoms with Crippen LogP contribution in [-0.2, 0) is 19.7 Å². The summed E-state index contributed by atoms with van der Waals surface area (Å²) in [6.07, 6.45) is -1.16. The van der Waals surface area contributed by atoms with Gasteiger partial charge in [-0.05, 0) is 0 Å². The Bertz CT molecular complexity index is 294. The summed E-state index contributed by atoms with van der Waals surface area (Å²) < 4.78 is 28.7. The molecule has 3 N–H and O–H groups in total. The molecule has 13 heavy (non-hydrogen) atoms. The zero-order valence-electron chi connectivity index (χ0n) is 6.67. The van der Waals surface area contributed by atoms with Crippen molar-refractivity contribution in [1.29, 1.82) is 0 Å². The Kier molecular flexibility index (Phi) is 6.55. The fourth-order valence-electron chi connectivity index (χ4n) is 0.479. The average molecular weight is 221 g/mol. The second-order valence-corrected chi connectivity index (χ2v) is 3.54. The molecule has 0 bridgehead atoms. The van der Waals surface area contributed by atoms with E-state index in [1.165, 1.54) is 0 Å². The summed E-state index contributed by atoms with van der Waals surface area (Å²) in [5.41, 5.74) is 0. The summed E-state index contributed by atoms with van der Waals surface area (Å²) in [7, 11) is -4.84. The molecule has 0 aliphatic heterocycles.